The van der Waals surface area contributed by atoms with Crippen LogP contribution in [0.5, 0.6) is 0 Å². The van der Waals surface area contributed by atoms with E-state index in [0.717, 1.165) is 206 Å². The summed E-state index contributed by atoms with van der Waals surface area (Å²) in [5.41, 5.74) is 37.4. The monoisotopic (exact) mass is 1960 g/mol. The van der Waals surface area contributed by atoms with Gasteiger partial charge in [-0.1, -0.05) is 171 Å². The normalized spacial score (nSPS) is 15.1. The van der Waals surface area contributed by atoms with Crippen LogP contribution in [0, 0.1) is 196 Å². The molecule has 10 aromatic carbocycles. The van der Waals surface area contributed by atoms with Crippen molar-refractivity contribution in [1.82, 2.24) is 0 Å². The van der Waals surface area contributed by atoms with Gasteiger partial charge < -0.3 is 0 Å². The van der Waals surface area contributed by atoms with Crippen LogP contribution in [0.4, 0.5) is 22.0 Å². The number of aryl methyl sites for hydroxylation is 10. The molecule has 2 saturated carbocycles. The largest absolute Gasteiger partial charge is 0.220 e. The topological polar surface area (TPSA) is 19.4 Å². The summed E-state index contributed by atoms with van der Waals surface area (Å²) in [7, 11) is 8.84. The highest BCUT2D eigenvalue weighted by atomic mass is 28.3. The van der Waals surface area contributed by atoms with Crippen molar-refractivity contribution in [1.29, 1.82) is 0 Å². The van der Waals surface area contributed by atoms with Gasteiger partial charge in [0.25, 0.3) is 0 Å². The molecule has 0 spiro atoms. The lowest BCUT2D eigenvalue weighted by molar-refractivity contribution is -0.665. The van der Waals surface area contributed by atoms with Gasteiger partial charge in [-0.05, 0) is 403 Å². The van der Waals surface area contributed by atoms with Crippen LogP contribution in [-0.4, -0.2) is 8.07 Å². The van der Waals surface area contributed by atoms with Crippen molar-refractivity contribution in [3.05, 3.63) is 320 Å². The van der Waals surface area contributed by atoms with Crippen LogP contribution in [0.1, 0.15) is 291 Å². The number of rotatable bonds is 13. The molecule has 18 rings (SSSR count). The van der Waals surface area contributed by atoms with Gasteiger partial charge in [-0.25, -0.2) is 22.0 Å². The molecule has 3 aliphatic rings. The van der Waals surface area contributed by atoms with Crippen molar-refractivity contribution in [2.45, 2.75) is 321 Å². The first kappa shape index (κ1) is 102. The minimum absolute atomic E-state index is 0.0156. The smallest absolute Gasteiger partial charge is 0.207 e. The van der Waals surface area contributed by atoms with Crippen LogP contribution >= 0.6 is 0 Å². The third-order valence-corrected chi connectivity index (χ3v) is 36.5. The van der Waals surface area contributed by atoms with Gasteiger partial charge in [0.1, 0.15) is 64.3 Å². The fraction of sp³-hybridized carbons (Fsp3) is 0.436. The third kappa shape index (κ3) is 23.2. The lowest BCUT2D eigenvalue weighted by atomic mass is 9.71. The average Bonchev–Trinajstić information content (AvgIpc) is 1.23. The lowest BCUT2D eigenvalue weighted by Gasteiger charge is -2.34. The Balaban J connectivity index is 0.000000147. The SMILES string of the molecule is [2H]c1c(C)[n+](C)c(-c2cc(C)cc(C)c2C)c2cc(F)c(C(C(C)C)C(C)C)cc12.[2H]c1c(C)[n+](C)c(-c2cc(C)cc(C)c2C)c2cc(F)c(C3CCC(C)(C)CC3)cc12.[2H]c1c(C)[n+](C)c(-c2cc(C)cc(C)c2C)c2cc(F)c(C3CC[Si](C)(C)CC3)cc12.[2H]c1c(C)[n+](C)c(-c2cc(C)cc(C)c2C)c2cc(F)c(CC(C)(C)C)cc12.[2H]c1c(C)[n+](C)c(-c2cc(C)cc(C)c2C)c2cc(F)c(CC3CCCC3)cc12. The zero-order chi connectivity index (χ0) is 110. The van der Waals surface area contributed by atoms with Crippen molar-refractivity contribution in [3.8, 4) is 56.3 Å². The molecular formula is C133H167F5N5Si+5. The minimum Gasteiger partial charge on any atom is -0.207 e. The maximum Gasteiger partial charge on any atom is 0.220 e. The number of pyridine rings is 5. The molecule has 3 fully saturated rings. The van der Waals surface area contributed by atoms with Crippen LogP contribution in [0.25, 0.3) is 110 Å². The Hall–Kier alpha value is -10.9. The van der Waals surface area contributed by atoms with E-state index in [2.05, 4.69) is 254 Å². The molecule has 0 unspecified atom stereocenters. The van der Waals surface area contributed by atoms with Gasteiger partial charge in [0.2, 0.25) is 28.5 Å². The molecule has 1 saturated heterocycles. The Kier molecular flexibility index (Phi) is 30.6. The summed E-state index contributed by atoms with van der Waals surface area (Å²) in [5.74, 6) is 1.18. The van der Waals surface area contributed by atoms with E-state index in [1.807, 2.05) is 109 Å². The standard InChI is InChI=1S/C28H35FN.C27H35FNSi.C27H35FN.C26H31FN.C25H31FN/c1-17-12-18(2)20(4)23(13-17)27-25-16-26(29)24(15-22(25)14-19(3)30(27)7)21-8-10-28(5,6)11-9-21;1-17-12-18(2)20(4)23(13-17)27-25-16-26(28)24(15-22(25)14-19(3)29(27)5)21-8-10-30(6,7)11-9-21;1-15(2)26(16(3)4)24-13-21-12-19(7)29(9)27(23(21)14-25(24)28)22-11-17(5)10-18(6)20(22)8;1-16-10-17(2)19(4)23(11-16)26-24-15-25(27)22(13-20-8-6-7-9-20)14-21(24)12-18(3)28(26)5;1-15-9-16(2)18(4)21(10-15)24-22-13-23(26)20(14-25(5,6)7)12-19(22)11-17(3)27(24)8/h2*12-16,21H,8-11H2,1-7H3;10-16,26H,1-9H3;10-12,14-15,20H,6-9,13H2,1-5H3;9-13H,14H2,1-8H3/q5*+1/i2*14D;2*12D;11D. The van der Waals surface area contributed by atoms with Crippen molar-refractivity contribution in [2.24, 2.45) is 63.8 Å². The molecule has 0 amide bonds. The van der Waals surface area contributed by atoms with E-state index in [9.17, 15) is 0 Å². The number of benzene rings is 10. The number of halogens is 5. The van der Waals surface area contributed by atoms with Gasteiger partial charge in [0.15, 0.2) is 28.5 Å². The predicted octanol–water partition coefficient (Wildman–Crippen LogP) is 34.5. The summed E-state index contributed by atoms with van der Waals surface area (Å²) in [6.45, 7) is 66.1. The van der Waals surface area contributed by atoms with Gasteiger partial charge >= 0.3 is 0 Å². The van der Waals surface area contributed by atoms with E-state index >= 15 is 22.0 Å². The van der Waals surface area contributed by atoms with E-state index in [1.165, 1.54) is 121 Å². The van der Waals surface area contributed by atoms with E-state index in [0.29, 0.717) is 65.4 Å². The molecule has 144 heavy (non-hydrogen) atoms. The quantitative estimate of drug-likeness (QED) is 0.0623. The van der Waals surface area contributed by atoms with Crippen molar-refractivity contribution in [3.63, 3.8) is 0 Å². The highest BCUT2D eigenvalue weighted by Crippen LogP contribution is 2.48. The fourth-order valence-electron chi connectivity index (χ4n) is 23.9. The maximum atomic E-state index is 15.6. The Bertz CT molecular complexity index is 7630. The number of fused-ring (bicyclic) bond motifs is 5. The van der Waals surface area contributed by atoms with E-state index in [1.54, 1.807) is 30.3 Å². The Morgan fingerprint density at radius 1 is 0.340 bits per heavy atom. The zero-order valence-corrected chi connectivity index (χ0v) is 95.0. The average molecular weight is 1960 g/mol. The van der Waals surface area contributed by atoms with Gasteiger partial charge in [-0.3, -0.25) is 0 Å². The Morgan fingerprint density at radius 2 is 0.604 bits per heavy atom. The highest BCUT2D eigenvalue weighted by molar-refractivity contribution is 6.77. The summed E-state index contributed by atoms with van der Waals surface area (Å²) in [6.07, 6.45) is 12.8. The number of hydrogen-bond acceptors (Lipinski definition) is 0. The summed E-state index contributed by atoms with van der Waals surface area (Å²) in [6, 6.07) is 45.0. The van der Waals surface area contributed by atoms with E-state index in [-0.39, 0.29) is 52.3 Å². The number of hydrogen-bond donors (Lipinski definition) is 0. The molecule has 11 heteroatoms. The highest BCUT2D eigenvalue weighted by Gasteiger charge is 2.37. The maximum absolute atomic E-state index is 15.6. The lowest BCUT2D eigenvalue weighted by Crippen LogP contribution is -2.35. The van der Waals surface area contributed by atoms with Crippen LogP contribution in [0.2, 0.25) is 25.2 Å². The Labute approximate surface area is 869 Å². The molecular weight excluding hydrogens is 1790 g/mol. The Morgan fingerprint density at radius 3 is 0.903 bits per heavy atom. The molecule has 2 aliphatic carbocycles. The van der Waals surface area contributed by atoms with Crippen LogP contribution < -0.4 is 22.8 Å². The van der Waals surface area contributed by atoms with E-state index in [4.69, 9.17) is 6.85 Å². The van der Waals surface area contributed by atoms with Crippen LogP contribution in [-0.2, 0) is 48.1 Å². The van der Waals surface area contributed by atoms with Gasteiger partial charge in [0.05, 0.1) is 61.6 Å². The second kappa shape index (κ2) is 43.3. The number of nitrogens with zero attached hydrogens (tertiary/aromatic N) is 5. The summed E-state index contributed by atoms with van der Waals surface area (Å²) in [5, 5.41) is 8.41. The molecule has 0 radical (unpaired) electrons. The van der Waals surface area contributed by atoms with Gasteiger partial charge in [-0.2, -0.15) is 22.8 Å². The van der Waals surface area contributed by atoms with Crippen LogP contribution in [0.15, 0.2) is 152 Å². The minimum atomic E-state index is -1.10. The molecule has 15 aromatic rings. The van der Waals surface area contributed by atoms with Gasteiger partial charge in [-0.15, -0.1) is 0 Å². The first-order valence-electron chi connectivity index (χ1n) is 55.6. The molecule has 5 nitrogen and oxygen atoms in total. The first-order valence-corrected chi connectivity index (χ1v) is 56.6. The summed E-state index contributed by atoms with van der Waals surface area (Å²) in [4.78, 5) is 0. The second-order valence-electron chi connectivity index (χ2n) is 47.6. The zero-order valence-electron chi connectivity index (χ0n) is 99.0. The molecule has 0 atom stereocenters. The first-order chi connectivity index (χ1) is 69.6. The fourth-order valence-corrected chi connectivity index (χ4v) is 26.4. The number of aromatic nitrogens is 5. The van der Waals surface area contributed by atoms with Gasteiger partial charge in [0, 0.05) is 72.9 Å². The summed E-state index contributed by atoms with van der Waals surface area (Å²) >= 11 is 0. The van der Waals surface area contributed by atoms with Crippen molar-refractivity contribution < 1.29 is 51.6 Å². The van der Waals surface area contributed by atoms with Crippen molar-refractivity contribution in [2.75, 3.05) is 0 Å². The van der Waals surface area contributed by atoms with E-state index < -0.39 is 8.07 Å². The molecule has 1 aliphatic heterocycles. The third-order valence-electron chi connectivity index (χ3n) is 33.2. The molecule has 758 valence electrons. The summed E-state index contributed by atoms with van der Waals surface area (Å²) < 4.78 is 131. The molecule has 0 bridgehead atoms. The molecule has 6 heterocycles. The second-order valence-corrected chi connectivity index (χ2v) is 52.9. The van der Waals surface area contributed by atoms with Crippen molar-refractivity contribution >= 4 is 61.9 Å². The molecule has 5 aromatic heterocycles. The predicted molar refractivity (Wildman–Crippen MR) is 603 cm³/mol. The van der Waals surface area contributed by atoms with Crippen LogP contribution in [0.3, 0.4) is 0 Å². The molecule has 0 N–H and O–H groups in total.